The van der Waals surface area contributed by atoms with E-state index in [1.54, 1.807) is 20.8 Å². The number of hydrogen-bond donors (Lipinski definition) is 0. The lowest BCUT2D eigenvalue weighted by Crippen LogP contribution is -3.06. The van der Waals surface area contributed by atoms with Crippen molar-refractivity contribution in [1.82, 2.24) is 0 Å². The van der Waals surface area contributed by atoms with Crippen LogP contribution in [0.5, 0.6) is 0 Å². The number of hydrogen-bond acceptors (Lipinski definition) is 17. The van der Waals surface area contributed by atoms with Gasteiger partial charge in [-0.3, -0.25) is 33.6 Å². The summed E-state index contributed by atoms with van der Waals surface area (Å²) in [5, 5.41) is 0. The largest absolute Gasteiger partial charge is 0.472 e. The van der Waals surface area contributed by atoms with Crippen molar-refractivity contribution in [3.8, 4) is 0 Å². The van der Waals surface area contributed by atoms with Gasteiger partial charge in [0.1, 0.15) is 18.0 Å². The Kier molecular flexibility index (Phi) is 8.37. The van der Waals surface area contributed by atoms with Gasteiger partial charge in [0.15, 0.2) is 28.7 Å². The number of fused-ring (bicyclic) bond motifs is 2. The van der Waals surface area contributed by atoms with E-state index in [4.69, 9.17) is 47.0 Å². The second-order valence-electron chi connectivity index (χ2n) is 16.3. The third-order valence-corrected chi connectivity index (χ3v) is 13.9. The number of esters is 6. The summed E-state index contributed by atoms with van der Waals surface area (Å²) in [7, 11) is 2.36. The first-order valence-electron chi connectivity index (χ1n) is 18.1. The number of methoxy groups -OCH3 is 2. The third-order valence-electron chi connectivity index (χ3n) is 13.9. The van der Waals surface area contributed by atoms with Gasteiger partial charge in [0.05, 0.1) is 32.5 Å². The van der Waals surface area contributed by atoms with Crippen LogP contribution in [0.25, 0.3) is 0 Å². The van der Waals surface area contributed by atoms with Crippen LogP contribution >= 0.6 is 0 Å². The normalized spacial score (nSPS) is 45.2. The number of Topliss-reactive ketones (excluding diaryl/α,β-unsaturated/α-hetero) is 1. The minimum Gasteiger partial charge on any atom is -0.472 e. The number of ether oxygens (including phenoxy) is 9. The quantitative estimate of drug-likeness (QED) is 0.190. The van der Waals surface area contributed by atoms with E-state index in [0.717, 1.165) is 27.9 Å². The van der Waals surface area contributed by atoms with Crippen molar-refractivity contribution >= 4 is 41.6 Å². The molecule has 6 bridgehead atoms. The van der Waals surface area contributed by atoms with Crippen LogP contribution in [0.4, 0.5) is 0 Å². The molecule has 0 aromatic carbocycles. The van der Waals surface area contributed by atoms with Crippen molar-refractivity contribution in [3.63, 3.8) is 0 Å². The zero-order chi connectivity index (χ0) is 40.5. The van der Waals surface area contributed by atoms with Crippen molar-refractivity contribution < 1.29 is 80.6 Å². The first kappa shape index (κ1) is 38.9. The topological polar surface area (TPSA) is 216 Å². The zero-order valence-electron chi connectivity index (χ0n) is 32.4. The predicted molar refractivity (Wildman–Crippen MR) is 178 cm³/mol. The van der Waals surface area contributed by atoms with E-state index in [1.165, 1.54) is 39.5 Å². The molecule has 1 aromatic heterocycles. The molecule has 8 rings (SSSR count). The van der Waals surface area contributed by atoms with E-state index >= 15 is 4.79 Å². The second-order valence-corrected chi connectivity index (χ2v) is 16.3. The van der Waals surface area contributed by atoms with Crippen LogP contribution in [0.15, 0.2) is 23.0 Å². The summed E-state index contributed by atoms with van der Waals surface area (Å²) < 4.78 is 62.3. The molecule has 1 unspecified atom stereocenters. The fourth-order valence-electron chi connectivity index (χ4n) is 12.6. The molecule has 1 aromatic rings. The summed E-state index contributed by atoms with van der Waals surface area (Å²) >= 11 is 0. The number of carbonyl (C=O) groups excluding carboxylic acids is 7. The van der Waals surface area contributed by atoms with Crippen LogP contribution in [0, 0.1) is 28.6 Å². The molecule has 3 heterocycles. The number of rotatable bonds is 10. The molecule has 7 aliphatic rings. The summed E-state index contributed by atoms with van der Waals surface area (Å²) in [5.74, 6) is -11.0. The average molecular weight is 775 g/mol. The van der Waals surface area contributed by atoms with E-state index in [9.17, 15) is 28.8 Å². The predicted octanol–water partition coefficient (Wildman–Crippen LogP) is 2.74. The van der Waals surface area contributed by atoms with Gasteiger partial charge in [-0.25, -0.2) is 0 Å². The van der Waals surface area contributed by atoms with E-state index in [2.05, 4.69) is 0 Å². The van der Waals surface area contributed by atoms with Crippen molar-refractivity contribution in [3.05, 3.63) is 24.2 Å². The molecule has 2 spiro atoms. The van der Waals surface area contributed by atoms with Crippen molar-refractivity contribution in [2.75, 3.05) is 14.2 Å². The van der Waals surface area contributed by atoms with Crippen LogP contribution in [0.1, 0.15) is 91.4 Å². The van der Waals surface area contributed by atoms with E-state index in [0.29, 0.717) is 0 Å². The molecule has 13 atom stereocenters. The van der Waals surface area contributed by atoms with Gasteiger partial charge in [-0.2, -0.15) is 0 Å². The molecule has 2 saturated heterocycles. The summed E-state index contributed by atoms with van der Waals surface area (Å²) in [6.07, 6.45) is -2.31. The lowest BCUT2D eigenvalue weighted by atomic mass is 9.22. The van der Waals surface area contributed by atoms with Crippen LogP contribution < -0.4 is 0 Å². The molecule has 2 aliphatic heterocycles. The Labute approximate surface area is 316 Å². The van der Waals surface area contributed by atoms with Gasteiger partial charge in [-0.05, 0) is 12.0 Å². The molecule has 5 saturated carbocycles. The Morgan fingerprint density at radius 2 is 1.42 bits per heavy atom. The van der Waals surface area contributed by atoms with Crippen molar-refractivity contribution in [2.45, 2.75) is 127 Å². The van der Waals surface area contributed by atoms with Crippen LogP contribution in [-0.4, -0.2) is 102 Å². The van der Waals surface area contributed by atoms with Gasteiger partial charge < -0.3 is 47.0 Å². The number of ketones is 1. The molecule has 5 aliphatic carbocycles. The van der Waals surface area contributed by atoms with Gasteiger partial charge in [0, 0.05) is 76.5 Å². The van der Waals surface area contributed by atoms with E-state index in [-0.39, 0.29) is 24.8 Å². The highest BCUT2D eigenvalue weighted by atomic mass is 16.9. The Balaban J connectivity index is 1.70. The standard InChI is InChI=1S/C38H46O17/c1-18-24(13-27(43)46-9)32(7)35-17-34(18,51-21(4)41)38(35,52-22(5)42)30(50-20(3)40)36-25(14-28(44)47-10)31(6,29(45)23-11-12-48-16-23)15-26(49-19(2)39)37(32,36)55-33(8,53-35)54-36/h11-12,16,18,24-26,30H,13-15,17H2,1-10H3/t18-,24-,25+,26+,30+,31+,32+,33?,34-,35+,36+,37-,38+/m0/s1. The number of carbonyl (C=O) groups is 7. The zero-order valence-corrected chi connectivity index (χ0v) is 32.4. The van der Waals surface area contributed by atoms with Crippen LogP contribution in [-0.2, 0) is 71.4 Å². The minimum absolute atomic E-state index is 0.0875. The highest BCUT2D eigenvalue weighted by Gasteiger charge is 3.08. The fourth-order valence-corrected chi connectivity index (χ4v) is 12.6. The highest BCUT2D eigenvalue weighted by Crippen LogP contribution is 2.90. The smallest absolute Gasteiger partial charge is 0.305 e. The summed E-state index contributed by atoms with van der Waals surface area (Å²) in [6.45, 7) is 10.9. The van der Waals surface area contributed by atoms with E-state index < -0.39 is 123 Å². The summed E-state index contributed by atoms with van der Waals surface area (Å²) in [5.41, 5.74) is -13.9. The highest BCUT2D eigenvalue weighted by molar-refractivity contribution is 6.01. The third kappa shape index (κ3) is 4.26. The van der Waals surface area contributed by atoms with E-state index in [1.807, 2.05) is 0 Å². The summed E-state index contributed by atoms with van der Waals surface area (Å²) in [4.78, 5) is 96.2. The second kappa shape index (κ2) is 11.8. The molecule has 0 amide bonds. The number of furan rings is 1. The Morgan fingerprint density at radius 3 is 1.96 bits per heavy atom. The summed E-state index contributed by atoms with van der Waals surface area (Å²) in [6, 6.07) is 1.43. The molecule has 0 N–H and O–H groups in total. The van der Waals surface area contributed by atoms with Gasteiger partial charge in [0.25, 0.3) is 5.97 Å². The molecule has 300 valence electrons. The maximum absolute atomic E-state index is 15.0. The molecule has 0 radical (unpaired) electrons. The molecule has 7 fully saturated rings. The maximum atomic E-state index is 15.0. The van der Waals surface area contributed by atoms with Crippen molar-refractivity contribution in [1.29, 1.82) is 0 Å². The molecule has 17 nitrogen and oxygen atoms in total. The lowest BCUT2D eigenvalue weighted by molar-refractivity contribution is -0.559. The maximum Gasteiger partial charge on any atom is 0.305 e. The molecule has 55 heavy (non-hydrogen) atoms. The fraction of sp³-hybridized carbons (Fsp3) is 0.711. The molecule has 17 heteroatoms. The van der Waals surface area contributed by atoms with Gasteiger partial charge in [-0.1, -0.05) is 20.8 Å². The Hall–Kier alpha value is -4.35. The van der Waals surface area contributed by atoms with Crippen LogP contribution in [0.2, 0.25) is 0 Å². The van der Waals surface area contributed by atoms with Crippen molar-refractivity contribution in [2.24, 2.45) is 28.6 Å². The molecular weight excluding hydrogens is 728 g/mol. The van der Waals surface area contributed by atoms with Gasteiger partial charge >= 0.3 is 35.8 Å². The average Bonchev–Trinajstić information content (AvgIpc) is 3.70. The first-order chi connectivity index (χ1) is 25.6. The van der Waals surface area contributed by atoms with Gasteiger partial charge in [-0.15, -0.1) is 0 Å². The SMILES string of the molecule is COC(=O)C[C@H]1[C@H](C)[C@@]2(OC(C)=O)C[C@]34OC5(C)O[C@@]6([C@@H](OC(C)=O)[C@]32OC(C)=O)[C@H](CC(=O)OC)[C@](C)(C(=O)c2ccoc2)C[C@@H](OC(C)=O)[C@]6(O5)[C@]14C. The monoisotopic (exact) mass is 774 g/mol. The lowest BCUT2D eigenvalue weighted by Gasteiger charge is -2.87. The first-order valence-corrected chi connectivity index (χ1v) is 18.1. The Bertz CT molecular complexity index is 1890. The Morgan fingerprint density at radius 1 is 0.800 bits per heavy atom. The van der Waals surface area contributed by atoms with Crippen LogP contribution in [0.3, 0.4) is 0 Å². The van der Waals surface area contributed by atoms with Gasteiger partial charge in [0.2, 0.25) is 5.60 Å². The molecular formula is C38H46O17. The minimum atomic E-state index is -2.36.